The maximum atomic E-state index is 6.17. The number of unbranched alkanes of at least 4 members (excludes halogenated alkanes) is 3. The summed E-state index contributed by atoms with van der Waals surface area (Å²) < 4.78 is 5.53. The summed E-state index contributed by atoms with van der Waals surface area (Å²) in [6, 6.07) is 0.365. The minimum Gasteiger partial charge on any atom is -0.378 e. The number of hydrogen-bond donors (Lipinski definition) is 1. The fourth-order valence-corrected chi connectivity index (χ4v) is 2.33. The van der Waals surface area contributed by atoms with Crippen molar-refractivity contribution in [1.82, 2.24) is 0 Å². The third-order valence-corrected chi connectivity index (χ3v) is 3.38. The lowest BCUT2D eigenvalue weighted by atomic mass is 9.90. The van der Waals surface area contributed by atoms with Gasteiger partial charge in [0.05, 0.1) is 6.10 Å². The largest absolute Gasteiger partial charge is 0.378 e. The first-order chi connectivity index (χ1) is 6.75. The molecule has 3 atom stereocenters. The molecule has 3 unspecified atom stereocenters. The van der Waals surface area contributed by atoms with E-state index in [1.165, 1.54) is 32.1 Å². The van der Waals surface area contributed by atoms with Gasteiger partial charge in [0.15, 0.2) is 0 Å². The predicted molar refractivity (Wildman–Crippen MR) is 60.3 cm³/mol. The molecule has 1 fully saturated rings. The lowest BCUT2D eigenvalue weighted by Crippen LogP contribution is -2.34. The SMILES string of the molecule is CCCCCCC(N)C1CCOC1C. The smallest absolute Gasteiger partial charge is 0.0590 e. The summed E-state index contributed by atoms with van der Waals surface area (Å²) in [5.41, 5.74) is 6.17. The topological polar surface area (TPSA) is 35.2 Å². The van der Waals surface area contributed by atoms with E-state index in [1.54, 1.807) is 0 Å². The molecule has 1 saturated heterocycles. The van der Waals surface area contributed by atoms with Gasteiger partial charge in [0.25, 0.3) is 0 Å². The summed E-state index contributed by atoms with van der Waals surface area (Å²) >= 11 is 0. The summed E-state index contributed by atoms with van der Waals surface area (Å²) in [5.74, 6) is 0.608. The molecule has 0 aromatic heterocycles. The lowest BCUT2D eigenvalue weighted by molar-refractivity contribution is 0.0984. The van der Waals surface area contributed by atoms with Gasteiger partial charge < -0.3 is 10.5 Å². The molecule has 1 heterocycles. The van der Waals surface area contributed by atoms with E-state index in [1.807, 2.05) is 0 Å². The normalized spacial score (nSPS) is 29.4. The third-order valence-electron chi connectivity index (χ3n) is 3.38. The Morgan fingerprint density at radius 3 is 2.71 bits per heavy atom. The number of ether oxygens (including phenoxy) is 1. The average molecular weight is 199 g/mol. The second-order valence-electron chi connectivity index (χ2n) is 4.54. The maximum Gasteiger partial charge on any atom is 0.0590 e. The van der Waals surface area contributed by atoms with E-state index in [9.17, 15) is 0 Å². The van der Waals surface area contributed by atoms with Crippen molar-refractivity contribution in [2.45, 2.75) is 64.5 Å². The molecule has 0 saturated carbocycles. The van der Waals surface area contributed by atoms with Gasteiger partial charge in [0, 0.05) is 18.6 Å². The lowest BCUT2D eigenvalue weighted by Gasteiger charge is -2.21. The first-order valence-corrected chi connectivity index (χ1v) is 6.13. The summed E-state index contributed by atoms with van der Waals surface area (Å²) in [5, 5.41) is 0. The fraction of sp³-hybridized carbons (Fsp3) is 1.00. The van der Waals surface area contributed by atoms with E-state index in [0.717, 1.165) is 13.0 Å². The molecule has 0 amide bonds. The van der Waals surface area contributed by atoms with Crippen LogP contribution in [0, 0.1) is 5.92 Å². The number of nitrogens with two attached hydrogens (primary N) is 1. The molecule has 0 radical (unpaired) electrons. The second-order valence-corrected chi connectivity index (χ2v) is 4.54. The first-order valence-electron chi connectivity index (χ1n) is 6.13. The molecular weight excluding hydrogens is 174 g/mol. The molecule has 1 aliphatic heterocycles. The van der Waals surface area contributed by atoms with Crippen LogP contribution in [-0.2, 0) is 4.74 Å². The Balaban J connectivity index is 2.11. The highest BCUT2D eigenvalue weighted by molar-refractivity contribution is 4.81. The minimum absolute atomic E-state index is 0.365. The van der Waals surface area contributed by atoms with E-state index in [2.05, 4.69) is 13.8 Å². The molecular formula is C12H25NO. The summed E-state index contributed by atoms with van der Waals surface area (Å²) in [7, 11) is 0. The van der Waals surface area contributed by atoms with Crippen molar-refractivity contribution >= 4 is 0 Å². The van der Waals surface area contributed by atoms with Crippen LogP contribution in [0.5, 0.6) is 0 Å². The van der Waals surface area contributed by atoms with Gasteiger partial charge in [0.1, 0.15) is 0 Å². The van der Waals surface area contributed by atoms with Crippen LogP contribution in [0.4, 0.5) is 0 Å². The van der Waals surface area contributed by atoms with E-state index in [0.29, 0.717) is 18.1 Å². The van der Waals surface area contributed by atoms with Gasteiger partial charge in [-0.2, -0.15) is 0 Å². The van der Waals surface area contributed by atoms with Crippen LogP contribution >= 0.6 is 0 Å². The van der Waals surface area contributed by atoms with Crippen molar-refractivity contribution in [1.29, 1.82) is 0 Å². The Bertz CT molecular complexity index is 149. The first kappa shape index (κ1) is 12.0. The highest BCUT2D eigenvalue weighted by Gasteiger charge is 2.28. The van der Waals surface area contributed by atoms with Crippen LogP contribution in [0.15, 0.2) is 0 Å². The van der Waals surface area contributed by atoms with Gasteiger partial charge in [-0.25, -0.2) is 0 Å². The van der Waals surface area contributed by atoms with E-state index in [-0.39, 0.29) is 0 Å². The second kappa shape index (κ2) is 6.41. The van der Waals surface area contributed by atoms with Gasteiger partial charge in [-0.3, -0.25) is 0 Å². The summed E-state index contributed by atoms with van der Waals surface area (Å²) in [6.07, 6.45) is 8.01. The van der Waals surface area contributed by atoms with Gasteiger partial charge in [-0.15, -0.1) is 0 Å². The molecule has 0 aromatic carbocycles. The highest BCUT2D eigenvalue weighted by atomic mass is 16.5. The monoisotopic (exact) mass is 199 g/mol. The third kappa shape index (κ3) is 3.58. The standard InChI is InChI=1S/C12H25NO/c1-3-4-5-6-7-12(13)11-8-9-14-10(11)2/h10-12H,3-9,13H2,1-2H3. The quantitative estimate of drug-likeness (QED) is 0.668. The van der Waals surface area contributed by atoms with Crippen molar-refractivity contribution < 1.29 is 4.74 Å². The summed E-state index contributed by atoms with van der Waals surface area (Å²) in [4.78, 5) is 0. The van der Waals surface area contributed by atoms with Gasteiger partial charge in [0.2, 0.25) is 0 Å². The van der Waals surface area contributed by atoms with Crippen molar-refractivity contribution in [2.24, 2.45) is 11.7 Å². The van der Waals surface area contributed by atoms with Crippen molar-refractivity contribution in [2.75, 3.05) is 6.61 Å². The zero-order chi connectivity index (χ0) is 10.4. The van der Waals surface area contributed by atoms with E-state index < -0.39 is 0 Å². The molecule has 14 heavy (non-hydrogen) atoms. The van der Waals surface area contributed by atoms with Crippen molar-refractivity contribution in [3.05, 3.63) is 0 Å². The molecule has 0 aromatic rings. The van der Waals surface area contributed by atoms with E-state index in [4.69, 9.17) is 10.5 Å². The van der Waals surface area contributed by atoms with Crippen molar-refractivity contribution in [3.8, 4) is 0 Å². The van der Waals surface area contributed by atoms with Crippen molar-refractivity contribution in [3.63, 3.8) is 0 Å². The summed E-state index contributed by atoms with van der Waals surface area (Å²) in [6.45, 7) is 5.31. The molecule has 0 aliphatic carbocycles. The zero-order valence-electron chi connectivity index (χ0n) is 9.67. The number of hydrogen-bond acceptors (Lipinski definition) is 2. The zero-order valence-corrected chi connectivity index (χ0v) is 9.67. The molecule has 2 N–H and O–H groups in total. The maximum absolute atomic E-state index is 6.17. The Labute approximate surface area is 88.2 Å². The van der Waals surface area contributed by atoms with Crippen LogP contribution < -0.4 is 5.73 Å². The Morgan fingerprint density at radius 1 is 1.36 bits per heavy atom. The molecule has 1 aliphatic rings. The highest BCUT2D eigenvalue weighted by Crippen LogP contribution is 2.25. The van der Waals surface area contributed by atoms with Crippen LogP contribution in [0.1, 0.15) is 52.4 Å². The van der Waals surface area contributed by atoms with Crippen LogP contribution in [0.25, 0.3) is 0 Å². The fourth-order valence-electron chi connectivity index (χ4n) is 2.33. The molecule has 1 rings (SSSR count). The molecule has 84 valence electrons. The van der Waals surface area contributed by atoms with Gasteiger partial charge >= 0.3 is 0 Å². The number of rotatable bonds is 6. The Kier molecular flexibility index (Phi) is 5.49. The van der Waals surface area contributed by atoms with Gasteiger partial charge in [-0.1, -0.05) is 32.6 Å². The Morgan fingerprint density at radius 2 is 2.14 bits per heavy atom. The molecule has 2 heteroatoms. The van der Waals surface area contributed by atoms with Crippen LogP contribution in [-0.4, -0.2) is 18.8 Å². The van der Waals surface area contributed by atoms with E-state index >= 15 is 0 Å². The molecule has 0 spiro atoms. The molecule has 2 nitrogen and oxygen atoms in total. The van der Waals surface area contributed by atoms with Crippen LogP contribution in [0.3, 0.4) is 0 Å². The minimum atomic E-state index is 0.365. The van der Waals surface area contributed by atoms with Crippen LogP contribution in [0.2, 0.25) is 0 Å². The molecule has 0 bridgehead atoms. The Hall–Kier alpha value is -0.0800. The van der Waals surface area contributed by atoms with Gasteiger partial charge in [-0.05, 0) is 19.8 Å². The average Bonchev–Trinajstić information content (AvgIpc) is 2.59. The predicted octanol–water partition coefficient (Wildman–Crippen LogP) is 2.71.